The van der Waals surface area contributed by atoms with Crippen LogP contribution in [0.2, 0.25) is 5.02 Å². The molecular weight excluding hydrogens is 576 g/mol. The van der Waals surface area contributed by atoms with Gasteiger partial charge in [0.15, 0.2) is 11.5 Å². The van der Waals surface area contributed by atoms with Crippen LogP contribution in [-0.2, 0) is 6.61 Å². The third-order valence-corrected chi connectivity index (χ3v) is 6.28. The molecule has 0 amide bonds. The first-order chi connectivity index (χ1) is 18.2. The molecule has 196 valence electrons. The van der Waals surface area contributed by atoms with Crippen LogP contribution < -0.4 is 15.0 Å². The normalized spacial score (nSPS) is 11.4. The molecule has 1 aromatic heterocycles. The van der Waals surface area contributed by atoms with Crippen LogP contribution in [0, 0.1) is 10.1 Å². The molecule has 0 saturated carbocycles. The van der Waals surface area contributed by atoms with Crippen LogP contribution in [0.3, 0.4) is 0 Å². The van der Waals surface area contributed by atoms with E-state index < -0.39 is 4.92 Å². The minimum Gasteiger partial charge on any atom is -0.490 e. The van der Waals surface area contributed by atoms with E-state index in [4.69, 9.17) is 21.1 Å². The van der Waals surface area contributed by atoms with Crippen molar-refractivity contribution in [3.8, 4) is 11.5 Å². The summed E-state index contributed by atoms with van der Waals surface area (Å²) in [7, 11) is 0. The van der Waals surface area contributed by atoms with Crippen molar-refractivity contribution in [1.82, 2.24) is 9.66 Å². The molecule has 0 radical (unpaired) electrons. The fourth-order valence-electron chi connectivity index (χ4n) is 3.76. The fourth-order valence-corrected chi connectivity index (χ4v) is 4.39. The lowest BCUT2D eigenvalue weighted by molar-refractivity contribution is -0.384. The summed E-state index contributed by atoms with van der Waals surface area (Å²) in [5, 5.41) is 16.2. The van der Waals surface area contributed by atoms with E-state index in [1.165, 1.54) is 23.0 Å². The van der Waals surface area contributed by atoms with Gasteiger partial charge in [-0.3, -0.25) is 14.9 Å². The van der Waals surface area contributed by atoms with Gasteiger partial charge in [-0.2, -0.15) is 9.78 Å². The Morgan fingerprint density at radius 2 is 1.97 bits per heavy atom. The van der Waals surface area contributed by atoms with Crippen LogP contribution in [-0.4, -0.2) is 27.4 Å². The maximum Gasteiger partial charge on any atom is 0.282 e. The number of nitro benzene ring substituents is 1. The zero-order chi connectivity index (χ0) is 27.4. The lowest BCUT2D eigenvalue weighted by Gasteiger charge is -2.15. The number of rotatable bonds is 9. The van der Waals surface area contributed by atoms with Crippen molar-refractivity contribution >= 4 is 50.3 Å². The van der Waals surface area contributed by atoms with E-state index in [2.05, 4.69) is 26.0 Å². The van der Waals surface area contributed by atoms with Gasteiger partial charge in [0.2, 0.25) is 0 Å². The molecule has 11 heteroatoms. The molecule has 0 N–H and O–H groups in total. The van der Waals surface area contributed by atoms with Gasteiger partial charge in [0.25, 0.3) is 11.2 Å². The zero-order valence-electron chi connectivity index (χ0n) is 20.9. The molecule has 0 saturated heterocycles. The van der Waals surface area contributed by atoms with Gasteiger partial charge in [-0.1, -0.05) is 53.5 Å². The van der Waals surface area contributed by atoms with E-state index in [9.17, 15) is 14.9 Å². The topological polar surface area (TPSA) is 109 Å². The van der Waals surface area contributed by atoms with Crippen LogP contribution in [0.25, 0.3) is 10.9 Å². The molecule has 38 heavy (non-hydrogen) atoms. The van der Waals surface area contributed by atoms with Crippen molar-refractivity contribution < 1.29 is 14.4 Å². The summed E-state index contributed by atoms with van der Waals surface area (Å²) in [5.41, 5.74) is 1.47. The van der Waals surface area contributed by atoms with Crippen molar-refractivity contribution in [1.29, 1.82) is 0 Å². The number of non-ortho nitro benzene ring substituents is 1. The summed E-state index contributed by atoms with van der Waals surface area (Å²) < 4.78 is 13.7. The molecule has 4 aromatic rings. The van der Waals surface area contributed by atoms with Crippen molar-refractivity contribution in [3.63, 3.8) is 0 Å². The minimum absolute atomic E-state index is 0.0275. The first-order valence-electron chi connectivity index (χ1n) is 11.8. The highest BCUT2D eigenvalue weighted by Gasteiger charge is 2.16. The Hall–Kier alpha value is -3.76. The maximum atomic E-state index is 13.3. The number of ether oxygens (including phenoxy) is 2. The van der Waals surface area contributed by atoms with Crippen molar-refractivity contribution in [2.24, 2.45) is 5.10 Å². The van der Waals surface area contributed by atoms with E-state index in [0.717, 1.165) is 4.47 Å². The van der Waals surface area contributed by atoms with Gasteiger partial charge < -0.3 is 9.47 Å². The standard InChI is InChI=1S/C27H24BrClN4O5/c1-4-37-24-12-18(11-22(29)25(24)38-15-17-6-5-7-20(10-17)33(35)36)14-30-32-26(16(2)3)31-23-9-8-19(28)13-21(23)27(32)34/h5-14,16H,4,15H2,1-3H3. The molecular formula is C27H24BrClN4O5. The van der Waals surface area contributed by atoms with E-state index in [-0.39, 0.29) is 28.8 Å². The van der Waals surface area contributed by atoms with E-state index in [0.29, 0.717) is 46.0 Å². The van der Waals surface area contributed by atoms with Gasteiger partial charge in [0, 0.05) is 22.5 Å². The van der Waals surface area contributed by atoms with Gasteiger partial charge >= 0.3 is 0 Å². The maximum absolute atomic E-state index is 13.3. The fraction of sp³-hybridized carbons (Fsp3) is 0.222. The second-order valence-electron chi connectivity index (χ2n) is 8.63. The summed E-state index contributed by atoms with van der Waals surface area (Å²) in [6, 6.07) is 14.9. The smallest absolute Gasteiger partial charge is 0.282 e. The Balaban J connectivity index is 1.68. The van der Waals surface area contributed by atoms with Crippen LogP contribution in [0.15, 0.2) is 69.0 Å². The monoisotopic (exact) mass is 598 g/mol. The number of aromatic nitrogens is 2. The molecule has 0 spiro atoms. The second-order valence-corrected chi connectivity index (χ2v) is 9.95. The molecule has 0 bridgehead atoms. The number of nitrogens with zero attached hydrogens (tertiary/aromatic N) is 4. The highest BCUT2D eigenvalue weighted by Crippen LogP contribution is 2.37. The Morgan fingerprint density at radius 3 is 2.68 bits per heavy atom. The number of hydrogen-bond acceptors (Lipinski definition) is 7. The average Bonchev–Trinajstić information content (AvgIpc) is 2.88. The third-order valence-electron chi connectivity index (χ3n) is 5.51. The first kappa shape index (κ1) is 27.3. The predicted octanol–water partition coefficient (Wildman–Crippen LogP) is 6.70. The van der Waals surface area contributed by atoms with Crippen LogP contribution in [0.5, 0.6) is 11.5 Å². The SMILES string of the molecule is CCOc1cc(C=Nn2c(C(C)C)nc3ccc(Br)cc3c2=O)cc(Cl)c1OCc1cccc([N+](=O)[O-])c1. The molecule has 9 nitrogen and oxygen atoms in total. The highest BCUT2D eigenvalue weighted by molar-refractivity contribution is 9.10. The first-order valence-corrected chi connectivity index (χ1v) is 12.9. The van der Waals surface area contributed by atoms with Crippen molar-refractivity contribution in [2.75, 3.05) is 6.61 Å². The third kappa shape index (κ3) is 6.03. The van der Waals surface area contributed by atoms with Crippen molar-refractivity contribution in [3.05, 3.63) is 102 Å². The van der Waals surface area contributed by atoms with Gasteiger partial charge in [0.05, 0.1) is 33.7 Å². The molecule has 0 aliphatic carbocycles. The van der Waals surface area contributed by atoms with Gasteiger partial charge in [-0.15, -0.1) is 0 Å². The predicted molar refractivity (Wildman–Crippen MR) is 151 cm³/mol. The quantitative estimate of drug-likeness (QED) is 0.120. The van der Waals surface area contributed by atoms with Crippen LogP contribution >= 0.6 is 27.5 Å². The van der Waals surface area contributed by atoms with E-state index in [1.54, 1.807) is 36.4 Å². The lowest BCUT2D eigenvalue weighted by atomic mass is 10.2. The molecule has 0 aliphatic heterocycles. The van der Waals surface area contributed by atoms with Crippen LogP contribution in [0.1, 0.15) is 43.6 Å². The molecule has 1 heterocycles. The largest absolute Gasteiger partial charge is 0.490 e. The molecule has 0 aliphatic rings. The van der Waals surface area contributed by atoms with Gasteiger partial charge in [0.1, 0.15) is 12.4 Å². The Kier molecular flexibility index (Phi) is 8.43. The Morgan fingerprint density at radius 1 is 1.18 bits per heavy atom. The zero-order valence-corrected chi connectivity index (χ0v) is 23.2. The van der Waals surface area contributed by atoms with Crippen LogP contribution in [0.4, 0.5) is 5.69 Å². The Bertz CT molecular complexity index is 1600. The highest BCUT2D eigenvalue weighted by atomic mass is 79.9. The molecule has 0 atom stereocenters. The summed E-state index contributed by atoms with van der Waals surface area (Å²) in [4.78, 5) is 28.5. The number of halogens is 2. The number of fused-ring (bicyclic) bond motifs is 1. The summed E-state index contributed by atoms with van der Waals surface area (Å²) in [5.74, 6) is 1.15. The molecule has 3 aromatic carbocycles. The van der Waals surface area contributed by atoms with E-state index in [1.807, 2.05) is 26.8 Å². The number of benzene rings is 3. The summed E-state index contributed by atoms with van der Waals surface area (Å²) >= 11 is 9.95. The Labute approximate surface area is 232 Å². The summed E-state index contributed by atoms with van der Waals surface area (Å²) in [6.45, 7) is 6.11. The lowest BCUT2D eigenvalue weighted by Crippen LogP contribution is -2.23. The number of hydrogen-bond donors (Lipinski definition) is 0. The van der Waals surface area contributed by atoms with Crippen molar-refractivity contribution in [2.45, 2.75) is 33.3 Å². The van der Waals surface area contributed by atoms with Gasteiger partial charge in [-0.25, -0.2) is 4.98 Å². The second kappa shape index (κ2) is 11.7. The average molecular weight is 600 g/mol. The molecule has 4 rings (SSSR count). The summed E-state index contributed by atoms with van der Waals surface area (Å²) in [6.07, 6.45) is 1.51. The number of nitro groups is 1. The van der Waals surface area contributed by atoms with Gasteiger partial charge in [-0.05, 0) is 48.4 Å². The molecule has 0 fully saturated rings. The van der Waals surface area contributed by atoms with E-state index >= 15 is 0 Å². The minimum atomic E-state index is -0.462. The molecule has 0 unspecified atom stereocenters.